The van der Waals surface area contributed by atoms with Crippen molar-refractivity contribution < 1.29 is 17.6 Å². The normalized spacial score (nSPS) is 11.8. The molecule has 6 aromatic rings. The van der Waals surface area contributed by atoms with E-state index >= 15 is 0 Å². The molecular formula is C30H27FN8O3S. The lowest BCUT2D eigenvalue weighted by molar-refractivity contribution is -0.116. The van der Waals surface area contributed by atoms with Crippen LogP contribution in [0.3, 0.4) is 0 Å². The van der Waals surface area contributed by atoms with Crippen molar-refractivity contribution in [3.8, 4) is 33.8 Å². The van der Waals surface area contributed by atoms with E-state index in [1.54, 1.807) is 36.9 Å². The smallest absolute Gasteiger partial charge is 0.224 e. The zero-order chi connectivity index (χ0) is 30.1. The van der Waals surface area contributed by atoms with Crippen LogP contribution in [0.1, 0.15) is 25.3 Å². The molecule has 0 atom stereocenters. The molecule has 0 unspecified atom stereocenters. The highest BCUT2D eigenvalue weighted by molar-refractivity contribution is 7.90. The predicted octanol–water partition coefficient (Wildman–Crippen LogP) is 5.09. The maximum Gasteiger partial charge on any atom is 0.224 e. The lowest BCUT2D eigenvalue weighted by atomic mass is 10.0. The fourth-order valence-corrected chi connectivity index (χ4v) is 5.48. The zero-order valence-corrected chi connectivity index (χ0v) is 24.2. The maximum absolute atomic E-state index is 14.6. The quantitative estimate of drug-likeness (QED) is 0.208. The summed E-state index contributed by atoms with van der Waals surface area (Å²) in [5.74, 6) is -0.156. The summed E-state index contributed by atoms with van der Waals surface area (Å²) in [6.07, 6.45) is 9.09. The third-order valence-electron chi connectivity index (χ3n) is 6.90. The number of H-pyrrole nitrogens is 2. The van der Waals surface area contributed by atoms with Crippen molar-refractivity contribution in [3.63, 3.8) is 0 Å². The summed E-state index contributed by atoms with van der Waals surface area (Å²) in [4.78, 5) is 33.2. The molecule has 1 amide bonds. The molecule has 0 bridgehead atoms. The largest absolute Gasteiger partial charge is 0.335 e. The zero-order valence-electron chi connectivity index (χ0n) is 23.3. The van der Waals surface area contributed by atoms with E-state index in [1.807, 2.05) is 19.1 Å². The molecule has 218 valence electrons. The van der Waals surface area contributed by atoms with Crippen LogP contribution in [-0.4, -0.2) is 61.5 Å². The van der Waals surface area contributed by atoms with E-state index in [4.69, 9.17) is 0 Å². The van der Waals surface area contributed by atoms with Crippen molar-refractivity contribution in [3.05, 3.63) is 72.6 Å². The molecule has 0 spiro atoms. The molecule has 0 saturated heterocycles. The number of rotatable bonds is 9. The Balaban J connectivity index is 1.37. The number of pyridine rings is 3. The summed E-state index contributed by atoms with van der Waals surface area (Å²) in [5.41, 5.74) is 6.01. The highest BCUT2D eigenvalue weighted by atomic mass is 32.2. The molecule has 11 nitrogen and oxygen atoms in total. The van der Waals surface area contributed by atoms with Gasteiger partial charge in [-0.05, 0) is 54.3 Å². The molecule has 1 aromatic carbocycles. The molecule has 6 rings (SSSR count). The van der Waals surface area contributed by atoms with Crippen LogP contribution in [0.5, 0.6) is 0 Å². The van der Waals surface area contributed by atoms with Gasteiger partial charge < -0.3 is 10.3 Å². The number of halogens is 1. The number of carbonyl (C=O) groups excluding carboxylic acids is 1. The number of sulfone groups is 1. The predicted molar refractivity (Wildman–Crippen MR) is 162 cm³/mol. The molecule has 13 heteroatoms. The Morgan fingerprint density at radius 3 is 2.65 bits per heavy atom. The number of anilines is 1. The highest BCUT2D eigenvalue weighted by Crippen LogP contribution is 2.33. The number of fused-ring (bicyclic) bond motifs is 2. The van der Waals surface area contributed by atoms with Crippen LogP contribution < -0.4 is 5.32 Å². The first kappa shape index (κ1) is 28.1. The van der Waals surface area contributed by atoms with Crippen molar-refractivity contribution in [2.45, 2.75) is 26.2 Å². The van der Waals surface area contributed by atoms with Gasteiger partial charge in [-0.1, -0.05) is 13.0 Å². The Bertz CT molecular complexity index is 2110. The number of imidazole rings is 1. The number of hydrogen-bond acceptors (Lipinski definition) is 8. The van der Waals surface area contributed by atoms with Crippen LogP contribution in [0.4, 0.5) is 10.1 Å². The first-order valence-corrected chi connectivity index (χ1v) is 15.6. The molecule has 0 fully saturated rings. The molecule has 5 heterocycles. The number of benzene rings is 1. The van der Waals surface area contributed by atoms with E-state index in [-0.39, 0.29) is 18.1 Å². The molecule has 0 aliphatic carbocycles. The van der Waals surface area contributed by atoms with Gasteiger partial charge in [0.25, 0.3) is 0 Å². The molecular weight excluding hydrogens is 571 g/mol. The van der Waals surface area contributed by atoms with Crippen LogP contribution in [0.15, 0.2) is 61.2 Å². The number of carbonyl (C=O) groups is 1. The average Bonchev–Trinajstić information content (AvgIpc) is 3.59. The first-order chi connectivity index (χ1) is 20.7. The van der Waals surface area contributed by atoms with E-state index < -0.39 is 15.7 Å². The Morgan fingerprint density at radius 1 is 1.00 bits per heavy atom. The Labute approximate surface area is 246 Å². The fourth-order valence-electron chi connectivity index (χ4n) is 4.88. The van der Waals surface area contributed by atoms with Gasteiger partial charge in [-0.25, -0.2) is 27.8 Å². The van der Waals surface area contributed by atoms with E-state index in [1.165, 1.54) is 12.1 Å². The Morgan fingerprint density at radius 2 is 1.84 bits per heavy atom. The number of hydrogen-bond donors (Lipinski definition) is 3. The summed E-state index contributed by atoms with van der Waals surface area (Å²) in [5, 5.41) is 10.9. The molecule has 43 heavy (non-hydrogen) atoms. The monoisotopic (exact) mass is 598 g/mol. The Hall–Kier alpha value is -5.04. The summed E-state index contributed by atoms with van der Waals surface area (Å²) in [6.45, 7) is 1.94. The van der Waals surface area contributed by atoms with E-state index in [0.29, 0.717) is 62.5 Å². The molecule has 0 aliphatic heterocycles. The minimum absolute atomic E-state index is 0.0756. The lowest BCUT2D eigenvalue weighted by Crippen LogP contribution is -2.10. The second-order valence-corrected chi connectivity index (χ2v) is 12.6. The second kappa shape index (κ2) is 11.3. The number of aromatic nitrogens is 7. The molecule has 0 radical (unpaired) electrons. The number of nitrogens with one attached hydrogen (secondary N) is 3. The lowest BCUT2D eigenvalue weighted by Gasteiger charge is -2.07. The average molecular weight is 599 g/mol. The van der Waals surface area contributed by atoms with Gasteiger partial charge >= 0.3 is 0 Å². The van der Waals surface area contributed by atoms with Gasteiger partial charge in [0.05, 0.1) is 28.5 Å². The van der Waals surface area contributed by atoms with Crippen LogP contribution in [0, 0.1) is 5.82 Å². The maximum atomic E-state index is 14.6. The van der Waals surface area contributed by atoms with Crippen LogP contribution in [0.2, 0.25) is 0 Å². The van der Waals surface area contributed by atoms with Gasteiger partial charge in [0.15, 0.2) is 17.1 Å². The van der Waals surface area contributed by atoms with Gasteiger partial charge in [-0.3, -0.25) is 14.9 Å². The van der Waals surface area contributed by atoms with Gasteiger partial charge in [0, 0.05) is 48.0 Å². The SMILES string of the molecule is CCCC(=O)Nc1cncc(-c2cnc3n[nH]c(-c4nc5nccc(-c6cc(F)cc(CCS(C)(=O)=O)c6)c5[nH]4)c3c2)c1. The van der Waals surface area contributed by atoms with Crippen LogP contribution in [0.25, 0.3) is 56.0 Å². The topological polar surface area (TPSA) is 159 Å². The third-order valence-corrected chi connectivity index (χ3v) is 7.85. The minimum atomic E-state index is -3.20. The number of amides is 1. The summed E-state index contributed by atoms with van der Waals surface area (Å²) in [7, 11) is -3.20. The summed E-state index contributed by atoms with van der Waals surface area (Å²) in [6, 6.07) is 10.0. The third kappa shape index (κ3) is 6.11. The standard InChI is InChI=1S/C30H27FN8O3S/c1-3-4-25(40)35-22-12-19(14-32-16-22)20-13-24-27(38-39-28(24)34-15-20)30-36-26-23(5-7-33-29(26)37-30)18-9-17(10-21(31)11-18)6-8-43(2,41)42/h5,7,9-16H,3-4,6,8H2,1-2H3,(H,35,40)(H,33,36,37)(H,34,38,39). The molecule has 5 aromatic heterocycles. The fraction of sp³-hybridized carbons (Fsp3) is 0.200. The number of aryl methyl sites for hydroxylation is 1. The van der Waals surface area contributed by atoms with E-state index in [9.17, 15) is 17.6 Å². The van der Waals surface area contributed by atoms with Gasteiger partial charge in [-0.2, -0.15) is 5.10 Å². The summed E-state index contributed by atoms with van der Waals surface area (Å²) < 4.78 is 37.9. The number of nitrogens with zero attached hydrogens (tertiary/aromatic N) is 5. The highest BCUT2D eigenvalue weighted by Gasteiger charge is 2.18. The van der Waals surface area contributed by atoms with Gasteiger partial charge in [0.2, 0.25) is 5.91 Å². The summed E-state index contributed by atoms with van der Waals surface area (Å²) >= 11 is 0. The van der Waals surface area contributed by atoms with Gasteiger partial charge in [-0.15, -0.1) is 0 Å². The van der Waals surface area contributed by atoms with E-state index in [2.05, 4.69) is 40.4 Å². The van der Waals surface area contributed by atoms with Crippen LogP contribution >= 0.6 is 0 Å². The van der Waals surface area contributed by atoms with Crippen molar-refractivity contribution in [2.75, 3.05) is 17.3 Å². The van der Waals surface area contributed by atoms with Crippen molar-refractivity contribution >= 4 is 43.6 Å². The second-order valence-electron chi connectivity index (χ2n) is 10.3. The van der Waals surface area contributed by atoms with Crippen molar-refractivity contribution in [2.24, 2.45) is 0 Å². The molecule has 0 saturated carbocycles. The number of aromatic amines is 2. The first-order valence-electron chi connectivity index (χ1n) is 13.6. The minimum Gasteiger partial charge on any atom is -0.335 e. The van der Waals surface area contributed by atoms with Crippen molar-refractivity contribution in [1.82, 2.24) is 35.1 Å². The Kier molecular flexibility index (Phi) is 7.40. The van der Waals surface area contributed by atoms with E-state index in [0.717, 1.165) is 23.8 Å². The van der Waals surface area contributed by atoms with Crippen LogP contribution in [-0.2, 0) is 21.1 Å². The van der Waals surface area contributed by atoms with Gasteiger partial charge in [0.1, 0.15) is 21.3 Å². The molecule has 0 aliphatic rings. The molecule has 3 N–H and O–H groups in total. The van der Waals surface area contributed by atoms with Crippen molar-refractivity contribution in [1.29, 1.82) is 0 Å².